The molecule has 0 saturated heterocycles. The van der Waals surface area contributed by atoms with Gasteiger partial charge in [-0.25, -0.2) is 4.79 Å². The maximum absolute atomic E-state index is 12.2. The SMILES string of the molecule is O=C(C[C@H]1Nc2ccccc2OC1=O)Nc1cccc(OC(F)(F)F)c1. The smallest absolute Gasteiger partial charge is 0.423 e. The molecule has 26 heavy (non-hydrogen) atoms. The van der Waals surface area contributed by atoms with Crippen molar-refractivity contribution in [1.29, 1.82) is 0 Å². The Labute approximate surface area is 145 Å². The summed E-state index contributed by atoms with van der Waals surface area (Å²) < 4.78 is 45.7. The van der Waals surface area contributed by atoms with Crippen LogP contribution in [0.3, 0.4) is 0 Å². The van der Waals surface area contributed by atoms with E-state index >= 15 is 0 Å². The highest BCUT2D eigenvalue weighted by Gasteiger charge is 2.31. The molecule has 2 aromatic rings. The summed E-state index contributed by atoms with van der Waals surface area (Å²) in [7, 11) is 0. The number of ether oxygens (including phenoxy) is 2. The van der Waals surface area contributed by atoms with E-state index in [9.17, 15) is 22.8 Å². The quantitative estimate of drug-likeness (QED) is 0.641. The van der Waals surface area contributed by atoms with E-state index in [0.717, 1.165) is 12.1 Å². The Morgan fingerprint density at radius 2 is 1.96 bits per heavy atom. The van der Waals surface area contributed by atoms with Gasteiger partial charge in [-0.05, 0) is 24.3 Å². The third-order valence-corrected chi connectivity index (χ3v) is 3.45. The molecule has 1 atom stereocenters. The largest absolute Gasteiger partial charge is 0.573 e. The Morgan fingerprint density at radius 1 is 1.19 bits per heavy atom. The average molecular weight is 366 g/mol. The summed E-state index contributed by atoms with van der Waals surface area (Å²) in [4.78, 5) is 24.1. The number of alkyl halides is 3. The van der Waals surface area contributed by atoms with E-state index in [1.807, 2.05) is 0 Å². The fraction of sp³-hybridized carbons (Fsp3) is 0.176. The predicted molar refractivity (Wildman–Crippen MR) is 85.9 cm³/mol. The Hall–Kier alpha value is -3.23. The van der Waals surface area contributed by atoms with E-state index in [-0.39, 0.29) is 12.1 Å². The zero-order valence-electron chi connectivity index (χ0n) is 13.2. The lowest BCUT2D eigenvalue weighted by Crippen LogP contribution is -2.39. The molecule has 0 saturated carbocycles. The number of hydrogen-bond donors (Lipinski definition) is 2. The second-order valence-electron chi connectivity index (χ2n) is 5.44. The number of fused-ring (bicyclic) bond motifs is 1. The van der Waals surface area contributed by atoms with Crippen molar-refractivity contribution in [1.82, 2.24) is 0 Å². The zero-order chi connectivity index (χ0) is 18.7. The second-order valence-corrected chi connectivity index (χ2v) is 5.44. The van der Waals surface area contributed by atoms with Gasteiger partial charge in [-0.2, -0.15) is 0 Å². The molecule has 1 aliphatic heterocycles. The summed E-state index contributed by atoms with van der Waals surface area (Å²) in [5, 5.41) is 5.32. The van der Waals surface area contributed by atoms with Crippen molar-refractivity contribution in [2.75, 3.05) is 10.6 Å². The lowest BCUT2D eigenvalue weighted by atomic mass is 10.1. The number of esters is 1. The van der Waals surface area contributed by atoms with Gasteiger partial charge in [0.15, 0.2) is 5.75 Å². The first-order valence-electron chi connectivity index (χ1n) is 7.53. The zero-order valence-corrected chi connectivity index (χ0v) is 13.2. The van der Waals surface area contributed by atoms with Crippen LogP contribution in [0.1, 0.15) is 6.42 Å². The highest BCUT2D eigenvalue weighted by Crippen LogP contribution is 2.30. The van der Waals surface area contributed by atoms with Crippen molar-refractivity contribution in [2.24, 2.45) is 0 Å². The summed E-state index contributed by atoms with van der Waals surface area (Å²) >= 11 is 0. The molecule has 3 rings (SSSR count). The van der Waals surface area contributed by atoms with Gasteiger partial charge in [0.2, 0.25) is 5.91 Å². The number of rotatable bonds is 4. The summed E-state index contributed by atoms with van der Waals surface area (Å²) in [6.45, 7) is 0. The summed E-state index contributed by atoms with van der Waals surface area (Å²) in [5.41, 5.74) is 0.687. The molecule has 0 aromatic heterocycles. The Kier molecular flexibility index (Phi) is 4.70. The highest BCUT2D eigenvalue weighted by atomic mass is 19.4. The molecular formula is C17H13F3N2O4. The lowest BCUT2D eigenvalue weighted by molar-refractivity contribution is -0.274. The van der Waals surface area contributed by atoms with Crippen LogP contribution in [0.25, 0.3) is 0 Å². The minimum atomic E-state index is -4.83. The summed E-state index contributed by atoms with van der Waals surface area (Å²) in [6.07, 6.45) is -5.08. The molecule has 1 heterocycles. The number of benzene rings is 2. The number of nitrogens with one attached hydrogen (secondary N) is 2. The van der Waals surface area contributed by atoms with Crippen molar-refractivity contribution in [3.8, 4) is 11.5 Å². The first-order valence-corrected chi connectivity index (χ1v) is 7.53. The average Bonchev–Trinajstić information content (AvgIpc) is 2.54. The molecule has 2 aromatic carbocycles. The van der Waals surface area contributed by atoms with Gasteiger partial charge in [0.05, 0.1) is 12.1 Å². The van der Waals surface area contributed by atoms with E-state index in [4.69, 9.17) is 4.74 Å². The van der Waals surface area contributed by atoms with Crippen LogP contribution in [0.15, 0.2) is 48.5 Å². The molecule has 0 fully saturated rings. The highest BCUT2D eigenvalue weighted by molar-refractivity contribution is 5.97. The van der Waals surface area contributed by atoms with Gasteiger partial charge in [-0.1, -0.05) is 18.2 Å². The van der Waals surface area contributed by atoms with E-state index in [0.29, 0.717) is 11.4 Å². The molecule has 1 amide bonds. The molecule has 136 valence electrons. The first-order chi connectivity index (χ1) is 12.3. The van der Waals surface area contributed by atoms with Gasteiger partial charge in [0.1, 0.15) is 11.8 Å². The Balaban J connectivity index is 1.63. The molecule has 0 spiro atoms. The third-order valence-electron chi connectivity index (χ3n) is 3.45. The maximum atomic E-state index is 12.2. The van der Waals surface area contributed by atoms with E-state index in [1.54, 1.807) is 24.3 Å². The van der Waals surface area contributed by atoms with Crippen molar-refractivity contribution < 1.29 is 32.2 Å². The molecule has 0 bridgehead atoms. The van der Waals surface area contributed by atoms with Gasteiger partial charge < -0.3 is 20.1 Å². The molecule has 1 aliphatic rings. The number of amides is 1. The Morgan fingerprint density at radius 3 is 2.73 bits per heavy atom. The third kappa shape index (κ3) is 4.44. The normalized spacial score (nSPS) is 16.1. The van der Waals surface area contributed by atoms with Gasteiger partial charge in [-0.3, -0.25) is 4.79 Å². The minimum absolute atomic E-state index is 0.112. The van der Waals surface area contributed by atoms with E-state index in [2.05, 4.69) is 15.4 Å². The predicted octanol–water partition coefficient (Wildman–Crippen LogP) is 3.31. The Bertz CT molecular complexity index is 839. The second kappa shape index (κ2) is 6.95. The van der Waals surface area contributed by atoms with E-state index in [1.165, 1.54) is 12.1 Å². The number of anilines is 2. The standard InChI is InChI=1S/C17H13F3N2O4/c18-17(19,20)26-11-5-3-4-10(8-11)21-15(23)9-13-16(24)25-14-7-2-1-6-12(14)22-13/h1-8,13,22H,9H2,(H,21,23)/t13-/m1/s1. The van der Waals surface area contributed by atoms with Crippen LogP contribution in [-0.4, -0.2) is 24.3 Å². The van der Waals surface area contributed by atoms with Crippen LogP contribution in [0.4, 0.5) is 24.5 Å². The fourth-order valence-corrected chi connectivity index (χ4v) is 2.40. The summed E-state index contributed by atoms with van der Waals surface area (Å²) in [5.74, 6) is -1.28. The van der Waals surface area contributed by atoms with Crippen LogP contribution in [0.5, 0.6) is 11.5 Å². The van der Waals surface area contributed by atoms with Crippen molar-refractivity contribution in [2.45, 2.75) is 18.8 Å². The van der Waals surface area contributed by atoms with Crippen LogP contribution in [-0.2, 0) is 9.59 Å². The van der Waals surface area contributed by atoms with Gasteiger partial charge in [0.25, 0.3) is 0 Å². The molecule has 2 N–H and O–H groups in total. The molecule has 0 radical (unpaired) electrons. The fourth-order valence-electron chi connectivity index (χ4n) is 2.40. The number of halogens is 3. The van der Waals surface area contributed by atoms with Crippen LogP contribution in [0.2, 0.25) is 0 Å². The molecule has 0 unspecified atom stereocenters. The van der Waals surface area contributed by atoms with Crippen LogP contribution >= 0.6 is 0 Å². The van der Waals surface area contributed by atoms with Crippen molar-refractivity contribution in [3.63, 3.8) is 0 Å². The van der Waals surface area contributed by atoms with Gasteiger partial charge in [-0.15, -0.1) is 13.2 Å². The van der Waals surface area contributed by atoms with Gasteiger partial charge >= 0.3 is 12.3 Å². The topological polar surface area (TPSA) is 76.7 Å². The molecule has 0 aliphatic carbocycles. The van der Waals surface area contributed by atoms with E-state index < -0.39 is 30.0 Å². The van der Waals surface area contributed by atoms with Crippen LogP contribution in [0, 0.1) is 0 Å². The van der Waals surface area contributed by atoms with Gasteiger partial charge in [0, 0.05) is 11.8 Å². The van der Waals surface area contributed by atoms with Crippen molar-refractivity contribution >= 4 is 23.3 Å². The monoisotopic (exact) mass is 366 g/mol. The maximum Gasteiger partial charge on any atom is 0.573 e. The summed E-state index contributed by atoms with van der Waals surface area (Å²) in [6, 6.07) is 10.7. The lowest BCUT2D eigenvalue weighted by Gasteiger charge is -2.25. The first kappa shape index (κ1) is 17.6. The minimum Gasteiger partial charge on any atom is -0.423 e. The van der Waals surface area contributed by atoms with Crippen LogP contribution < -0.4 is 20.1 Å². The number of carbonyl (C=O) groups is 2. The molecule has 9 heteroatoms. The number of carbonyl (C=O) groups excluding carboxylic acids is 2. The number of hydrogen-bond acceptors (Lipinski definition) is 5. The molecular weight excluding hydrogens is 353 g/mol. The number of para-hydroxylation sites is 2. The molecule has 6 nitrogen and oxygen atoms in total. The van der Waals surface area contributed by atoms with Crippen molar-refractivity contribution in [3.05, 3.63) is 48.5 Å².